The predicted octanol–water partition coefficient (Wildman–Crippen LogP) is 2.46. The first-order valence-electron chi connectivity index (χ1n) is 6.13. The number of hydrogen-bond donors (Lipinski definition) is 2. The van der Waals surface area contributed by atoms with E-state index in [9.17, 15) is 4.79 Å². The third-order valence-corrected chi connectivity index (χ3v) is 3.07. The molecule has 4 heteroatoms. The van der Waals surface area contributed by atoms with Crippen molar-refractivity contribution in [2.75, 3.05) is 11.1 Å². The lowest BCUT2D eigenvalue weighted by Crippen LogP contribution is -2.16. The fourth-order valence-electron chi connectivity index (χ4n) is 1.79. The van der Waals surface area contributed by atoms with Crippen molar-refractivity contribution in [2.45, 2.75) is 20.3 Å². The van der Waals surface area contributed by atoms with Crippen molar-refractivity contribution in [1.29, 1.82) is 0 Å². The minimum Gasteiger partial charge on any atom is -0.397 e. The summed E-state index contributed by atoms with van der Waals surface area (Å²) in [5.41, 5.74) is 9.94. The summed E-state index contributed by atoms with van der Waals surface area (Å²) in [6.45, 7) is 4.01. The van der Waals surface area contributed by atoms with Crippen molar-refractivity contribution in [2.24, 2.45) is 0 Å². The number of benzene rings is 1. The Bertz CT molecular complexity index is 591. The predicted molar refractivity (Wildman–Crippen MR) is 76.9 cm³/mol. The molecule has 1 heterocycles. The quantitative estimate of drug-likeness (QED) is 0.885. The summed E-state index contributed by atoms with van der Waals surface area (Å²) in [5.74, 6) is -0.0778. The third-order valence-electron chi connectivity index (χ3n) is 3.07. The minimum absolute atomic E-state index is 0.0778. The van der Waals surface area contributed by atoms with Crippen LogP contribution < -0.4 is 11.1 Å². The van der Waals surface area contributed by atoms with E-state index in [1.165, 1.54) is 0 Å². The molecular weight excluding hydrogens is 238 g/mol. The lowest BCUT2D eigenvalue weighted by Gasteiger charge is -2.10. The van der Waals surface area contributed by atoms with Gasteiger partial charge < -0.3 is 11.1 Å². The van der Waals surface area contributed by atoms with Crippen molar-refractivity contribution in [3.05, 3.63) is 53.3 Å². The summed E-state index contributed by atoms with van der Waals surface area (Å²) in [5, 5.41) is 2.90. The monoisotopic (exact) mass is 255 g/mol. The van der Waals surface area contributed by atoms with Gasteiger partial charge in [0.25, 0.3) is 0 Å². The van der Waals surface area contributed by atoms with E-state index in [1.54, 1.807) is 18.3 Å². The molecule has 2 rings (SSSR count). The van der Waals surface area contributed by atoms with Gasteiger partial charge in [-0.05, 0) is 43.2 Å². The molecule has 3 N–H and O–H groups in total. The molecule has 0 aliphatic rings. The second-order valence-electron chi connectivity index (χ2n) is 4.56. The Kier molecular flexibility index (Phi) is 3.80. The van der Waals surface area contributed by atoms with Gasteiger partial charge in [-0.3, -0.25) is 9.78 Å². The third kappa shape index (κ3) is 3.31. The highest BCUT2D eigenvalue weighted by Crippen LogP contribution is 2.18. The van der Waals surface area contributed by atoms with Crippen LogP contribution in [0.2, 0.25) is 0 Å². The van der Waals surface area contributed by atoms with Crippen molar-refractivity contribution in [3.8, 4) is 0 Å². The van der Waals surface area contributed by atoms with Crippen molar-refractivity contribution >= 4 is 17.3 Å². The molecule has 1 aromatic heterocycles. The molecule has 0 spiro atoms. The van der Waals surface area contributed by atoms with E-state index in [4.69, 9.17) is 5.73 Å². The Labute approximate surface area is 112 Å². The highest BCUT2D eigenvalue weighted by molar-refractivity contribution is 5.92. The summed E-state index contributed by atoms with van der Waals surface area (Å²) in [4.78, 5) is 16.1. The van der Waals surface area contributed by atoms with Crippen LogP contribution in [0.25, 0.3) is 0 Å². The maximum Gasteiger partial charge on any atom is 0.230 e. The zero-order valence-electron chi connectivity index (χ0n) is 11.1. The standard InChI is InChI=1S/C15H17N3O/c1-10-4-3-5-14(11(10)2)18-15(19)8-13-7-6-12(16)9-17-13/h3-7,9H,8,16H2,1-2H3,(H,18,19). The van der Waals surface area contributed by atoms with E-state index >= 15 is 0 Å². The molecule has 0 unspecified atom stereocenters. The van der Waals surface area contributed by atoms with Crippen LogP contribution in [0.1, 0.15) is 16.8 Å². The molecule has 4 nitrogen and oxygen atoms in total. The van der Waals surface area contributed by atoms with Crippen LogP contribution in [-0.2, 0) is 11.2 Å². The molecule has 0 aliphatic carbocycles. The number of amides is 1. The highest BCUT2D eigenvalue weighted by Gasteiger charge is 2.07. The van der Waals surface area contributed by atoms with Gasteiger partial charge in [0.2, 0.25) is 5.91 Å². The van der Waals surface area contributed by atoms with Crippen molar-refractivity contribution in [3.63, 3.8) is 0 Å². The normalized spacial score (nSPS) is 10.2. The number of hydrogen-bond acceptors (Lipinski definition) is 3. The van der Waals surface area contributed by atoms with Crippen LogP contribution >= 0.6 is 0 Å². The van der Waals surface area contributed by atoms with Crippen LogP contribution in [0.4, 0.5) is 11.4 Å². The largest absolute Gasteiger partial charge is 0.397 e. The van der Waals surface area contributed by atoms with E-state index in [-0.39, 0.29) is 12.3 Å². The zero-order chi connectivity index (χ0) is 13.8. The number of aromatic nitrogens is 1. The molecule has 1 amide bonds. The maximum atomic E-state index is 11.9. The maximum absolute atomic E-state index is 11.9. The lowest BCUT2D eigenvalue weighted by atomic mass is 10.1. The Morgan fingerprint density at radius 3 is 2.74 bits per heavy atom. The molecule has 0 bridgehead atoms. The molecule has 0 radical (unpaired) electrons. The number of nitrogens with zero attached hydrogens (tertiary/aromatic N) is 1. The number of pyridine rings is 1. The van der Waals surface area contributed by atoms with Gasteiger partial charge >= 0.3 is 0 Å². The van der Waals surface area contributed by atoms with Gasteiger partial charge in [-0.2, -0.15) is 0 Å². The number of carbonyl (C=O) groups is 1. The second-order valence-corrected chi connectivity index (χ2v) is 4.56. The molecule has 98 valence electrons. The van der Waals surface area contributed by atoms with Gasteiger partial charge in [0.15, 0.2) is 0 Å². The lowest BCUT2D eigenvalue weighted by molar-refractivity contribution is -0.115. The average molecular weight is 255 g/mol. The van der Waals surface area contributed by atoms with Crippen LogP contribution in [0.5, 0.6) is 0 Å². The molecule has 0 saturated carbocycles. The van der Waals surface area contributed by atoms with Crippen LogP contribution in [0.3, 0.4) is 0 Å². The number of anilines is 2. The van der Waals surface area contributed by atoms with E-state index < -0.39 is 0 Å². The first kappa shape index (κ1) is 13.1. The molecule has 2 aromatic rings. The topological polar surface area (TPSA) is 68.0 Å². The van der Waals surface area contributed by atoms with E-state index in [0.717, 1.165) is 16.8 Å². The van der Waals surface area contributed by atoms with Crippen molar-refractivity contribution < 1.29 is 4.79 Å². The van der Waals surface area contributed by atoms with Crippen LogP contribution in [0.15, 0.2) is 36.5 Å². The first-order chi connectivity index (χ1) is 9.06. The van der Waals surface area contributed by atoms with Gasteiger partial charge in [-0.1, -0.05) is 12.1 Å². The second kappa shape index (κ2) is 5.52. The molecule has 19 heavy (non-hydrogen) atoms. The average Bonchev–Trinajstić information content (AvgIpc) is 2.38. The fourth-order valence-corrected chi connectivity index (χ4v) is 1.79. The first-order valence-corrected chi connectivity index (χ1v) is 6.13. The Balaban J connectivity index is 2.05. The van der Waals surface area contributed by atoms with Crippen molar-refractivity contribution in [1.82, 2.24) is 4.98 Å². The Morgan fingerprint density at radius 1 is 1.26 bits per heavy atom. The van der Waals surface area contributed by atoms with Gasteiger partial charge in [-0.25, -0.2) is 0 Å². The number of nitrogens with one attached hydrogen (secondary N) is 1. The molecule has 1 aromatic carbocycles. The Morgan fingerprint density at radius 2 is 2.05 bits per heavy atom. The number of aryl methyl sites for hydroxylation is 1. The summed E-state index contributed by atoms with van der Waals surface area (Å²) in [7, 11) is 0. The molecule has 0 fully saturated rings. The van der Waals surface area contributed by atoms with Gasteiger partial charge in [-0.15, -0.1) is 0 Å². The van der Waals surface area contributed by atoms with E-state index in [2.05, 4.69) is 10.3 Å². The number of nitrogens with two attached hydrogens (primary N) is 1. The minimum atomic E-state index is -0.0778. The highest BCUT2D eigenvalue weighted by atomic mass is 16.1. The van der Waals surface area contributed by atoms with Gasteiger partial charge in [0, 0.05) is 11.4 Å². The smallest absolute Gasteiger partial charge is 0.230 e. The summed E-state index contributed by atoms with van der Waals surface area (Å²) in [6, 6.07) is 9.36. The zero-order valence-corrected chi connectivity index (χ0v) is 11.1. The fraction of sp³-hybridized carbons (Fsp3) is 0.200. The van der Waals surface area contributed by atoms with Gasteiger partial charge in [0.05, 0.1) is 18.3 Å². The molecule has 0 atom stereocenters. The summed E-state index contributed by atoms with van der Waals surface area (Å²) in [6.07, 6.45) is 1.80. The molecular formula is C15H17N3O. The number of rotatable bonds is 3. The summed E-state index contributed by atoms with van der Waals surface area (Å²) >= 11 is 0. The van der Waals surface area contributed by atoms with E-state index in [0.29, 0.717) is 11.4 Å². The molecule has 0 aliphatic heterocycles. The summed E-state index contributed by atoms with van der Waals surface area (Å²) < 4.78 is 0. The molecule has 0 saturated heterocycles. The Hall–Kier alpha value is -2.36. The number of nitrogen functional groups attached to an aromatic ring is 1. The van der Waals surface area contributed by atoms with Crippen LogP contribution in [0, 0.1) is 13.8 Å². The van der Waals surface area contributed by atoms with Gasteiger partial charge in [0.1, 0.15) is 0 Å². The number of carbonyl (C=O) groups excluding carboxylic acids is 1. The van der Waals surface area contributed by atoms with Crippen LogP contribution in [-0.4, -0.2) is 10.9 Å². The van der Waals surface area contributed by atoms with E-state index in [1.807, 2.05) is 32.0 Å². The SMILES string of the molecule is Cc1cccc(NC(=O)Cc2ccc(N)cn2)c1C.